The van der Waals surface area contributed by atoms with Crippen LogP contribution >= 0.6 is 0 Å². The highest BCUT2D eigenvalue weighted by molar-refractivity contribution is 5.71. The van der Waals surface area contributed by atoms with Crippen molar-refractivity contribution in [1.82, 2.24) is 5.32 Å². The van der Waals surface area contributed by atoms with E-state index in [4.69, 9.17) is 14.6 Å². The van der Waals surface area contributed by atoms with E-state index < -0.39 is 18.1 Å². The molecule has 0 amide bonds. The lowest BCUT2D eigenvalue weighted by Gasteiger charge is -2.20. The van der Waals surface area contributed by atoms with Crippen molar-refractivity contribution in [3.8, 4) is 11.5 Å². The molecule has 1 aromatic carbocycles. The Morgan fingerprint density at radius 3 is 2.48 bits per heavy atom. The summed E-state index contributed by atoms with van der Waals surface area (Å²) >= 11 is 0. The second-order valence-electron chi connectivity index (χ2n) is 5.18. The molecule has 5 nitrogen and oxygen atoms in total. The van der Waals surface area contributed by atoms with Crippen LogP contribution in [0, 0.1) is 5.92 Å². The molecule has 0 spiro atoms. The quantitative estimate of drug-likeness (QED) is 0.874. The number of halogens is 1. The fourth-order valence-electron chi connectivity index (χ4n) is 2.72. The van der Waals surface area contributed by atoms with Crippen molar-refractivity contribution in [2.24, 2.45) is 5.92 Å². The molecular weight excluding hydrogens is 277 g/mol. The Labute approximate surface area is 123 Å². The standard InChI is InChI=1S/C15H20FNO4/c1-8(16)10-5-13(20-2)14(21-3)6-11(10)12-4-9(7-17-12)15(18)19/h5-6,8-9,12,17H,4,7H2,1-3H3,(H,18,19). The zero-order chi connectivity index (χ0) is 15.6. The number of ether oxygens (including phenoxy) is 2. The van der Waals surface area contributed by atoms with Gasteiger partial charge in [0.1, 0.15) is 6.17 Å². The molecule has 3 unspecified atom stereocenters. The smallest absolute Gasteiger partial charge is 0.307 e. The Kier molecular flexibility index (Phi) is 4.67. The van der Waals surface area contributed by atoms with Crippen molar-refractivity contribution in [2.45, 2.75) is 25.6 Å². The minimum absolute atomic E-state index is 0.195. The Bertz CT molecular complexity index is 533. The molecule has 0 bridgehead atoms. The van der Waals surface area contributed by atoms with Gasteiger partial charge in [-0.1, -0.05) is 0 Å². The van der Waals surface area contributed by atoms with Gasteiger partial charge < -0.3 is 19.9 Å². The number of benzene rings is 1. The van der Waals surface area contributed by atoms with Crippen LogP contribution in [0.2, 0.25) is 0 Å². The molecule has 1 fully saturated rings. The average molecular weight is 297 g/mol. The van der Waals surface area contributed by atoms with Gasteiger partial charge in [-0.2, -0.15) is 0 Å². The lowest BCUT2D eigenvalue weighted by atomic mass is 9.93. The summed E-state index contributed by atoms with van der Waals surface area (Å²) in [5.41, 5.74) is 1.22. The maximum absolute atomic E-state index is 13.9. The summed E-state index contributed by atoms with van der Waals surface area (Å²) in [6.07, 6.45) is -0.740. The molecular formula is C15H20FNO4. The van der Waals surface area contributed by atoms with Crippen LogP contribution in [0.25, 0.3) is 0 Å². The Balaban J connectivity index is 2.40. The second kappa shape index (κ2) is 6.30. The minimum atomic E-state index is -1.18. The number of nitrogens with one attached hydrogen (secondary N) is 1. The SMILES string of the molecule is COc1cc(C(C)F)c(C2CC(C(=O)O)CN2)cc1OC. The van der Waals surface area contributed by atoms with Gasteiger partial charge in [-0.15, -0.1) is 0 Å². The second-order valence-corrected chi connectivity index (χ2v) is 5.18. The molecule has 1 heterocycles. The minimum Gasteiger partial charge on any atom is -0.493 e. The zero-order valence-corrected chi connectivity index (χ0v) is 12.4. The van der Waals surface area contributed by atoms with Crippen LogP contribution in [0.15, 0.2) is 12.1 Å². The summed E-state index contributed by atoms with van der Waals surface area (Å²) in [6.45, 7) is 1.84. The van der Waals surface area contributed by atoms with Crippen LogP contribution in [0.3, 0.4) is 0 Å². The number of methoxy groups -OCH3 is 2. The molecule has 0 aliphatic carbocycles. The van der Waals surface area contributed by atoms with Gasteiger partial charge in [0.25, 0.3) is 0 Å². The molecule has 116 valence electrons. The van der Waals surface area contributed by atoms with Gasteiger partial charge in [0.15, 0.2) is 11.5 Å². The van der Waals surface area contributed by atoms with E-state index in [1.54, 1.807) is 12.1 Å². The molecule has 1 aliphatic heterocycles. The molecule has 2 rings (SSSR count). The van der Waals surface area contributed by atoms with E-state index in [1.807, 2.05) is 0 Å². The van der Waals surface area contributed by atoms with Gasteiger partial charge in [-0.3, -0.25) is 4.79 Å². The number of hydrogen-bond donors (Lipinski definition) is 2. The van der Waals surface area contributed by atoms with E-state index in [1.165, 1.54) is 21.1 Å². The molecule has 0 saturated carbocycles. The highest BCUT2D eigenvalue weighted by atomic mass is 19.1. The van der Waals surface area contributed by atoms with Gasteiger partial charge in [0.2, 0.25) is 0 Å². The van der Waals surface area contributed by atoms with Crippen molar-refractivity contribution >= 4 is 5.97 Å². The topological polar surface area (TPSA) is 67.8 Å². The van der Waals surface area contributed by atoms with Gasteiger partial charge in [0, 0.05) is 12.6 Å². The number of hydrogen-bond acceptors (Lipinski definition) is 4. The highest BCUT2D eigenvalue weighted by Gasteiger charge is 2.32. The molecule has 6 heteroatoms. The third-order valence-corrected chi connectivity index (χ3v) is 3.87. The van der Waals surface area contributed by atoms with Crippen molar-refractivity contribution < 1.29 is 23.8 Å². The van der Waals surface area contributed by atoms with Crippen LogP contribution in [-0.4, -0.2) is 31.8 Å². The lowest BCUT2D eigenvalue weighted by Crippen LogP contribution is -2.18. The van der Waals surface area contributed by atoms with Crippen LogP contribution in [-0.2, 0) is 4.79 Å². The van der Waals surface area contributed by atoms with E-state index in [9.17, 15) is 9.18 Å². The van der Waals surface area contributed by atoms with Crippen molar-refractivity contribution in [2.75, 3.05) is 20.8 Å². The van der Waals surface area contributed by atoms with Gasteiger partial charge in [-0.05, 0) is 36.6 Å². The zero-order valence-electron chi connectivity index (χ0n) is 12.4. The Morgan fingerprint density at radius 2 is 2.00 bits per heavy atom. The maximum Gasteiger partial charge on any atom is 0.307 e. The van der Waals surface area contributed by atoms with E-state index in [0.717, 1.165) is 5.56 Å². The van der Waals surface area contributed by atoms with Gasteiger partial charge >= 0.3 is 5.97 Å². The molecule has 0 aromatic heterocycles. The number of carbonyl (C=O) groups is 1. The number of aliphatic carboxylic acids is 1. The number of rotatable bonds is 5. The molecule has 0 radical (unpaired) electrons. The molecule has 3 atom stereocenters. The van der Waals surface area contributed by atoms with E-state index in [-0.39, 0.29) is 6.04 Å². The highest BCUT2D eigenvalue weighted by Crippen LogP contribution is 2.39. The molecule has 21 heavy (non-hydrogen) atoms. The van der Waals surface area contributed by atoms with Gasteiger partial charge in [-0.25, -0.2) is 4.39 Å². The number of carboxylic acids is 1. The number of carboxylic acid groups (broad SMARTS) is 1. The molecule has 1 aliphatic rings. The van der Waals surface area contributed by atoms with Crippen molar-refractivity contribution in [1.29, 1.82) is 0 Å². The molecule has 2 N–H and O–H groups in total. The summed E-state index contributed by atoms with van der Waals surface area (Å²) in [5.74, 6) is -0.308. The third-order valence-electron chi connectivity index (χ3n) is 3.87. The summed E-state index contributed by atoms with van der Waals surface area (Å²) in [5, 5.41) is 12.2. The predicted octanol–water partition coefficient (Wildman–Crippen LogP) is 2.47. The largest absolute Gasteiger partial charge is 0.493 e. The Hall–Kier alpha value is -1.82. The first-order valence-corrected chi connectivity index (χ1v) is 6.84. The summed E-state index contributed by atoms with van der Waals surface area (Å²) in [7, 11) is 3.01. The monoisotopic (exact) mass is 297 g/mol. The summed E-state index contributed by atoms with van der Waals surface area (Å²) < 4.78 is 24.4. The van der Waals surface area contributed by atoms with E-state index >= 15 is 0 Å². The summed E-state index contributed by atoms with van der Waals surface area (Å²) in [6, 6.07) is 3.15. The van der Waals surface area contributed by atoms with Crippen molar-refractivity contribution in [3.05, 3.63) is 23.3 Å². The fourth-order valence-corrected chi connectivity index (χ4v) is 2.72. The molecule has 1 saturated heterocycles. The lowest BCUT2D eigenvalue weighted by molar-refractivity contribution is -0.141. The average Bonchev–Trinajstić information content (AvgIpc) is 2.95. The Morgan fingerprint density at radius 1 is 1.38 bits per heavy atom. The normalized spacial score (nSPS) is 22.9. The predicted molar refractivity (Wildman–Crippen MR) is 75.6 cm³/mol. The first-order valence-electron chi connectivity index (χ1n) is 6.84. The van der Waals surface area contributed by atoms with E-state index in [0.29, 0.717) is 30.0 Å². The fraction of sp³-hybridized carbons (Fsp3) is 0.533. The number of alkyl halides is 1. The third kappa shape index (κ3) is 3.10. The first-order chi connectivity index (χ1) is 9.97. The maximum atomic E-state index is 13.9. The van der Waals surface area contributed by atoms with Crippen LogP contribution in [0.4, 0.5) is 4.39 Å². The van der Waals surface area contributed by atoms with Crippen molar-refractivity contribution in [3.63, 3.8) is 0 Å². The van der Waals surface area contributed by atoms with Gasteiger partial charge in [0.05, 0.1) is 20.1 Å². The summed E-state index contributed by atoms with van der Waals surface area (Å²) in [4.78, 5) is 11.1. The van der Waals surface area contributed by atoms with Crippen LogP contribution in [0.1, 0.15) is 36.7 Å². The van der Waals surface area contributed by atoms with Crippen LogP contribution < -0.4 is 14.8 Å². The first kappa shape index (κ1) is 15.6. The van der Waals surface area contributed by atoms with Crippen LogP contribution in [0.5, 0.6) is 11.5 Å². The van der Waals surface area contributed by atoms with E-state index in [2.05, 4.69) is 5.32 Å². The molecule has 1 aromatic rings.